The summed E-state index contributed by atoms with van der Waals surface area (Å²) in [7, 11) is 8.38. The van der Waals surface area contributed by atoms with Crippen molar-refractivity contribution in [3.05, 3.63) is 213 Å². The predicted octanol–water partition coefficient (Wildman–Crippen LogP) is 12.4. The zero-order valence-electron chi connectivity index (χ0n) is 41.6. The molecule has 0 aliphatic rings. The highest BCUT2D eigenvalue weighted by atomic mass is 14.9. The van der Waals surface area contributed by atoms with Crippen LogP contribution in [0.4, 0.5) is 0 Å². The number of pyridine rings is 4. The van der Waals surface area contributed by atoms with E-state index in [-0.39, 0.29) is 0 Å². The number of rotatable bonds is 4. The third-order valence-corrected chi connectivity index (χ3v) is 12.2. The molecule has 0 N–H and O–H groups in total. The van der Waals surface area contributed by atoms with Gasteiger partial charge in [-0.15, -0.1) is 0 Å². The van der Waals surface area contributed by atoms with E-state index in [4.69, 9.17) is 0 Å². The molecule has 328 valence electrons. The average Bonchev–Trinajstić information content (AvgIpc) is 3.25. The lowest BCUT2D eigenvalue weighted by molar-refractivity contribution is -0.660. The molecule has 4 aromatic carbocycles. The third kappa shape index (κ3) is 12.3. The fourth-order valence-electron chi connectivity index (χ4n) is 8.11. The van der Waals surface area contributed by atoms with E-state index in [1.807, 2.05) is 0 Å². The monoisotopic (exact) mass is 849 g/mol. The first kappa shape index (κ1) is 48.5. The van der Waals surface area contributed by atoms with Crippen molar-refractivity contribution in [3.8, 4) is 45.0 Å². The van der Waals surface area contributed by atoms with E-state index < -0.39 is 0 Å². The highest BCUT2D eigenvalue weighted by Crippen LogP contribution is 2.26. The van der Waals surface area contributed by atoms with Gasteiger partial charge in [0.2, 0.25) is 22.8 Å². The Morgan fingerprint density at radius 2 is 0.641 bits per heavy atom. The van der Waals surface area contributed by atoms with E-state index in [2.05, 4.69) is 276 Å². The summed E-state index contributed by atoms with van der Waals surface area (Å²) in [6, 6.07) is 43.6. The molecular formula is C60H72N4+4. The van der Waals surface area contributed by atoms with Crippen LogP contribution in [0.2, 0.25) is 0 Å². The summed E-state index contributed by atoms with van der Waals surface area (Å²) >= 11 is 0. The fourth-order valence-corrected chi connectivity index (χ4v) is 8.11. The maximum Gasteiger partial charge on any atom is 0.213 e. The second-order valence-corrected chi connectivity index (χ2v) is 18.0. The van der Waals surface area contributed by atoms with Gasteiger partial charge in [0, 0.05) is 65.2 Å². The number of aryl methyl sites for hydroxylation is 15. The Morgan fingerprint density at radius 1 is 0.266 bits per heavy atom. The smallest absolute Gasteiger partial charge is 0.201 e. The van der Waals surface area contributed by atoms with Gasteiger partial charge in [0.1, 0.15) is 28.2 Å². The maximum absolute atomic E-state index is 2.25. The molecule has 0 saturated heterocycles. The van der Waals surface area contributed by atoms with Gasteiger partial charge in [0.15, 0.2) is 24.8 Å². The van der Waals surface area contributed by atoms with Crippen molar-refractivity contribution in [2.45, 2.75) is 83.1 Å². The lowest BCUT2D eigenvalue weighted by Crippen LogP contribution is -2.30. The van der Waals surface area contributed by atoms with Crippen molar-refractivity contribution in [2.24, 2.45) is 28.2 Å². The lowest BCUT2D eigenvalue weighted by atomic mass is 9.98. The number of aromatic nitrogens is 4. The van der Waals surface area contributed by atoms with Gasteiger partial charge in [-0.25, -0.2) is 18.3 Å². The minimum Gasteiger partial charge on any atom is -0.201 e. The molecule has 64 heavy (non-hydrogen) atoms. The van der Waals surface area contributed by atoms with E-state index in [0.717, 1.165) is 0 Å². The van der Waals surface area contributed by atoms with Crippen LogP contribution >= 0.6 is 0 Å². The minimum absolute atomic E-state index is 1.28. The zero-order valence-corrected chi connectivity index (χ0v) is 41.6. The first-order valence-corrected chi connectivity index (χ1v) is 22.5. The molecule has 0 saturated carbocycles. The molecule has 0 unspecified atom stereocenters. The average molecular weight is 849 g/mol. The predicted molar refractivity (Wildman–Crippen MR) is 269 cm³/mol. The van der Waals surface area contributed by atoms with Gasteiger partial charge in [0.05, 0.1) is 5.56 Å². The summed E-state index contributed by atoms with van der Waals surface area (Å²) in [6.45, 7) is 25.8. The van der Waals surface area contributed by atoms with Crippen molar-refractivity contribution < 1.29 is 18.3 Å². The molecule has 0 spiro atoms. The molecule has 0 fully saturated rings. The lowest BCUT2D eigenvalue weighted by Gasteiger charge is -2.08. The molecule has 4 heteroatoms. The van der Waals surface area contributed by atoms with Gasteiger partial charge in [-0.2, -0.15) is 0 Å². The molecule has 8 aromatic rings. The number of benzene rings is 4. The fraction of sp³-hybridized carbons (Fsp3) is 0.267. The Labute approximate surface area is 385 Å². The van der Waals surface area contributed by atoms with Crippen molar-refractivity contribution in [1.82, 2.24) is 0 Å². The Kier molecular flexibility index (Phi) is 16.5. The van der Waals surface area contributed by atoms with Gasteiger partial charge in [0.25, 0.3) is 0 Å². The third-order valence-electron chi connectivity index (χ3n) is 12.2. The zero-order chi connectivity index (χ0) is 46.8. The summed E-state index contributed by atoms with van der Waals surface area (Å²) in [5.74, 6) is 0. The van der Waals surface area contributed by atoms with E-state index >= 15 is 0 Å². The van der Waals surface area contributed by atoms with Crippen molar-refractivity contribution in [3.63, 3.8) is 0 Å². The molecule has 8 rings (SSSR count). The summed E-state index contributed by atoms with van der Waals surface area (Å²) in [4.78, 5) is 0. The van der Waals surface area contributed by atoms with E-state index in [1.54, 1.807) is 0 Å². The quantitative estimate of drug-likeness (QED) is 0.157. The standard InChI is InChI=1S/4C15H18N/c1-11-5-6-14(13(3)9-11)15-10-12(2)7-8-16(15)4;1-11-5-6-13(3)14(9-11)15-10-12(2)7-8-16(15)4;1-11-8-9-16(4)15(10-11)14-7-5-6-12(2)13(14)3;1-11-8-9-16(4)14(10-11)15-12(2)6-5-7-13(15)3/h4*5-10H,1-4H3/q4*+1. The molecule has 0 radical (unpaired) electrons. The van der Waals surface area contributed by atoms with Crippen LogP contribution in [0.1, 0.15) is 66.8 Å². The molecule has 0 atom stereocenters. The SMILES string of the molecule is Cc1cc[n+](C)c(-c2c(C)cccc2C)c1.Cc1cc[n+](C)c(-c2cccc(C)c2C)c1.Cc1ccc(-c2cc(C)cc[n+]2C)c(C)c1.Cc1ccc(C)c(-c2cc(C)cc[n+]2C)c1. The van der Waals surface area contributed by atoms with Gasteiger partial charge in [-0.3, -0.25) is 0 Å². The topological polar surface area (TPSA) is 15.5 Å². The first-order chi connectivity index (χ1) is 30.3. The Hall–Kier alpha value is -6.52. The number of nitrogens with zero attached hydrogens (tertiary/aromatic N) is 4. The molecule has 4 aromatic heterocycles. The van der Waals surface area contributed by atoms with Gasteiger partial charge in [-0.1, -0.05) is 65.7 Å². The van der Waals surface area contributed by atoms with Crippen molar-refractivity contribution in [2.75, 3.05) is 0 Å². The van der Waals surface area contributed by atoms with Crippen molar-refractivity contribution >= 4 is 0 Å². The van der Waals surface area contributed by atoms with E-state index in [1.165, 1.54) is 112 Å². The van der Waals surface area contributed by atoms with Gasteiger partial charge < -0.3 is 0 Å². The van der Waals surface area contributed by atoms with Crippen LogP contribution in [0.5, 0.6) is 0 Å². The Balaban J connectivity index is 0.000000161. The van der Waals surface area contributed by atoms with Gasteiger partial charge in [-0.05, 0) is 157 Å². The van der Waals surface area contributed by atoms with E-state index in [9.17, 15) is 0 Å². The summed E-state index contributed by atoms with van der Waals surface area (Å²) < 4.78 is 8.70. The van der Waals surface area contributed by atoms with Crippen LogP contribution < -0.4 is 18.3 Å². The molecule has 0 aliphatic heterocycles. The molecule has 0 bridgehead atoms. The van der Waals surface area contributed by atoms with Crippen LogP contribution in [0.3, 0.4) is 0 Å². The Bertz CT molecular complexity index is 2760. The molecular weight excluding hydrogens is 777 g/mol. The second kappa shape index (κ2) is 21.7. The maximum atomic E-state index is 2.25. The molecule has 0 aliphatic carbocycles. The van der Waals surface area contributed by atoms with E-state index in [0.29, 0.717) is 0 Å². The minimum atomic E-state index is 1.28. The van der Waals surface area contributed by atoms with Crippen LogP contribution in [-0.4, -0.2) is 0 Å². The normalized spacial score (nSPS) is 10.5. The number of hydrogen-bond acceptors (Lipinski definition) is 0. The second-order valence-electron chi connectivity index (χ2n) is 18.0. The van der Waals surface area contributed by atoms with Crippen LogP contribution in [0.25, 0.3) is 45.0 Å². The van der Waals surface area contributed by atoms with Crippen LogP contribution in [-0.2, 0) is 28.2 Å². The molecule has 4 heterocycles. The summed E-state index contributed by atoms with van der Waals surface area (Å²) in [6.07, 6.45) is 8.47. The summed E-state index contributed by atoms with van der Waals surface area (Å²) in [5, 5.41) is 0. The summed E-state index contributed by atoms with van der Waals surface area (Å²) in [5.41, 5.74) is 26.3. The largest absolute Gasteiger partial charge is 0.213 e. The molecule has 0 amide bonds. The number of hydrogen-bond donors (Lipinski definition) is 0. The van der Waals surface area contributed by atoms with Gasteiger partial charge >= 0.3 is 0 Å². The first-order valence-electron chi connectivity index (χ1n) is 22.5. The van der Waals surface area contributed by atoms with Crippen molar-refractivity contribution in [1.29, 1.82) is 0 Å². The highest BCUT2D eigenvalue weighted by molar-refractivity contribution is 5.66. The Morgan fingerprint density at radius 3 is 1.14 bits per heavy atom. The highest BCUT2D eigenvalue weighted by Gasteiger charge is 2.16. The van der Waals surface area contributed by atoms with Crippen LogP contribution in [0, 0.1) is 83.1 Å². The molecule has 4 nitrogen and oxygen atoms in total. The van der Waals surface area contributed by atoms with Crippen LogP contribution in [0.15, 0.2) is 146 Å².